The van der Waals surface area contributed by atoms with Crippen LogP contribution in [0.3, 0.4) is 0 Å². The van der Waals surface area contributed by atoms with Gasteiger partial charge < -0.3 is 19.5 Å². The van der Waals surface area contributed by atoms with Crippen LogP contribution in [-0.2, 0) is 11.2 Å². The third-order valence-electron chi connectivity index (χ3n) is 5.20. The molecular weight excluding hydrogens is 402 g/mol. The van der Waals surface area contributed by atoms with E-state index in [1.807, 2.05) is 30.3 Å². The van der Waals surface area contributed by atoms with Gasteiger partial charge in [0.25, 0.3) is 0 Å². The molecule has 3 rings (SSSR count). The maximum atomic E-state index is 12.5. The molecule has 0 aromatic heterocycles. The first-order valence-electron chi connectivity index (χ1n) is 9.84. The van der Waals surface area contributed by atoms with Crippen molar-refractivity contribution in [3.63, 3.8) is 0 Å². The molecule has 0 bridgehead atoms. The average molecular weight is 430 g/mol. The summed E-state index contributed by atoms with van der Waals surface area (Å²) in [5.41, 5.74) is -0.158. The first-order chi connectivity index (χ1) is 14.3. The van der Waals surface area contributed by atoms with E-state index in [0.717, 1.165) is 12.0 Å². The third kappa shape index (κ3) is 5.48. The van der Waals surface area contributed by atoms with Crippen LogP contribution in [-0.4, -0.2) is 52.3 Å². The number of carbonyl (C=O) groups is 2. The van der Waals surface area contributed by atoms with Gasteiger partial charge in [0, 0.05) is 18.3 Å². The molecule has 160 valence electrons. The second kappa shape index (κ2) is 9.43. The van der Waals surface area contributed by atoms with Gasteiger partial charge in [-0.15, -0.1) is 0 Å². The fourth-order valence-corrected chi connectivity index (χ4v) is 4.34. The molecule has 1 unspecified atom stereocenters. The molecule has 1 aliphatic heterocycles. The molecule has 1 N–H and O–H groups in total. The summed E-state index contributed by atoms with van der Waals surface area (Å²) in [5, 5.41) is 9.53. The summed E-state index contributed by atoms with van der Waals surface area (Å²) in [6.07, 6.45) is 2.57. The molecule has 2 aromatic rings. The van der Waals surface area contributed by atoms with E-state index in [1.165, 1.54) is 13.8 Å². The van der Waals surface area contributed by atoms with Crippen LogP contribution >= 0.6 is 11.8 Å². The number of carbonyl (C=O) groups excluding carboxylic acids is 1. The molecule has 1 saturated heterocycles. The number of benzene rings is 2. The van der Waals surface area contributed by atoms with Crippen molar-refractivity contribution in [1.29, 1.82) is 0 Å². The van der Waals surface area contributed by atoms with E-state index >= 15 is 0 Å². The minimum Gasteiger partial charge on any atom is -0.478 e. The molecule has 1 fully saturated rings. The number of amides is 1. The summed E-state index contributed by atoms with van der Waals surface area (Å²) in [7, 11) is 0. The van der Waals surface area contributed by atoms with E-state index in [9.17, 15) is 14.7 Å². The number of ether oxygens (including phenoxy) is 2. The Morgan fingerprint density at radius 1 is 1.07 bits per heavy atom. The first kappa shape index (κ1) is 22.0. The van der Waals surface area contributed by atoms with E-state index in [0.29, 0.717) is 35.8 Å². The highest BCUT2D eigenvalue weighted by Gasteiger charge is 2.36. The van der Waals surface area contributed by atoms with Crippen LogP contribution in [0.25, 0.3) is 0 Å². The van der Waals surface area contributed by atoms with Gasteiger partial charge >= 0.3 is 12.1 Å². The Morgan fingerprint density at radius 2 is 1.73 bits per heavy atom. The molecule has 2 atom stereocenters. The molecule has 6 nitrogen and oxygen atoms in total. The van der Waals surface area contributed by atoms with Crippen molar-refractivity contribution >= 4 is 23.8 Å². The topological polar surface area (TPSA) is 76.1 Å². The quantitative estimate of drug-likeness (QED) is 0.706. The van der Waals surface area contributed by atoms with Crippen LogP contribution in [0.15, 0.2) is 54.6 Å². The maximum Gasteiger partial charge on any atom is 0.415 e. The molecule has 30 heavy (non-hydrogen) atoms. The Hall–Kier alpha value is -2.67. The lowest BCUT2D eigenvalue weighted by Crippen LogP contribution is -2.37. The second-order valence-corrected chi connectivity index (χ2v) is 8.96. The summed E-state index contributed by atoms with van der Waals surface area (Å²) in [6.45, 7) is 4.34. The van der Waals surface area contributed by atoms with Crippen molar-refractivity contribution in [2.24, 2.45) is 5.92 Å². The highest BCUT2D eigenvalue weighted by atomic mass is 32.2. The third-order valence-corrected chi connectivity index (χ3v) is 6.34. The lowest BCUT2D eigenvalue weighted by atomic mass is 9.98. The summed E-state index contributed by atoms with van der Waals surface area (Å²) >= 11 is 1.76. The summed E-state index contributed by atoms with van der Waals surface area (Å²) < 4.78 is 11.0. The predicted molar refractivity (Wildman–Crippen MR) is 117 cm³/mol. The van der Waals surface area contributed by atoms with Crippen LogP contribution in [0, 0.1) is 5.92 Å². The van der Waals surface area contributed by atoms with Gasteiger partial charge in [-0.1, -0.05) is 30.3 Å². The van der Waals surface area contributed by atoms with Crippen molar-refractivity contribution in [3.8, 4) is 11.5 Å². The fraction of sp³-hybridized carbons (Fsp3) is 0.391. The van der Waals surface area contributed by atoms with Gasteiger partial charge in [0.15, 0.2) is 5.60 Å². The molecule has 0 radical (unpaired) electrons. The summed E-state index contributed by atoms with van der Waals surface area (Å²) in [6, 6.07) is 16.6. The number of hydrogen-bond acceptors (Lipinski definition) is 5. The van der Waals surface area contributed by atoms with Crippen molar-refractivity contribution in [2.75, 3.05) is 19.3 Å². The number of carboxylic acids is 1. The van der Waals surface area contributed by atoms with Crippen LogP contribution < -0.4 is 9.47 Å². The van der Waals surface area contributed by atoms with Crippen molar-refractivity contribution in [2.45, 2.75) is 31.1 Å². The molecule has 0 spiro atoms. The Balaban J connectivity index is 1.60. The molecule has 1 heterocycles. The van der Waals surface area contributed by atoms with E-state index in [4.69, 9.17) is 9.47 Å². The van der Waals surface area contributed by atoms with Gasteiger partial charge in [-0.3, -0.25) is 0 Å². The van der Waals surface area contributed by atoms with Gasteiger partial charge in [-0.05, 0) is 62.3 Å². The van der Waals surface area contributed by atoms with Crippen LogP contribution in [0.5, 0.6) is 11.5 Å². The Morgan fingerprint density at radius 3 is 2.33 bits per heavy atom. The average Bonchev–Trinajstić information content (AvgIpc) is 3.13. The largest absolute Gasteiger partial charge is 0.478 e. The van der Waals surface area contributed by atoms with E-state index in [2.05, 4.69) is 6.26 Å². The predicted octanol–water partition coefficient (Wildman–Crippen LogP) is 4.33. The Kier molecular flexibility index (Phi) is 6.92. The van der Waals surface area contributed by atoms with Crippen LogP contribution in [0.1, 0.15) is 19.4 Å². The molecule has 0 aliphatic carbocycles. The summed E-state index contributed by atoms with van der Waals surface area (Å²) in [4.78, 5) is 25.5. The van der Waals surface area contributed by atoms with Gasteiger partial charge in [0.2, 0.25) is 0 Å². The number of para-hydroxylation sites is 1. The lowest BCUT2D eigenvalue weighted by molar-refractivity contribution is -0.152. The number of carboxylic acid groups (broad SMARTS) is 1. The monoisotopic (exact) mass is 429 g/mol. The van der Waals surface area contributed by atoms with Gasteiger partial charge in [-0.2, -0.15) is 11.8 Å². The fourth-order valence-electron chi connectivity index (χ4n) is 3.44. The van der Waals surface area contributed by atoms with E-state index in [-0.39, 0.29) is 6.09 Å². The molecule has 2 aromatic carbocycles. The van der Waals surface area contributed by atoms with E-state index in [1.54, 1.807) is 40.9 Å². The number of nitrogens with zero attached hydrogens (tertiary/aromatic N) is 1. The minimum absolute atomic E-state index is 0.311. The van der Waals surface area contributed by atoms with Gasteiger partial charge in [0.1, 0.15) is 11.5 Å². The first-order valence-corrected chi connectivity index (χ1v) is 11.1. The lowest BCUT2D eigenvalue weighted by Gasteiger charge is -2.22. The number of rotatable bonds is 7. The molecule has 0 saturated carbocycles. The Labute approximate surface area is 181 Å². The molecular formula is C23H27NO5S. The second-order valence-electron chi connectivity index (χ2n) is 7.89. The zero-order chi connectivity index (χ0) is 21.7. The van der Waals surface area contributed by atoms with Crippen molar-refractivity contribution < 1.29 is 24.2 Å². The summed E-state index contributed by atoms with van der Waals surface area (Å²) in [5.74, 6) is 0.368. The number of thioether (sulfide) groups is 1. The number of aliphatic carboxylic acids is 1. The number of hydrogen-bond donors (Lipinski definition) is 1. The van der Waals surface area contributed by atoms with Crippen LogP contribution in [0.2, 0.25) is 0 Å². The maximum absolute atomic E-state index is 12.5. The van der Waals surface area contributed by atoms with Gasteiger partial charge in [-0.25, -0.2) is 9.59 Å². The standard InChI is InChI=1S/C23H27NO5S/c1-23(2,21(25)26)29-19-11-9-16(10-12-19)13-17-14-24(15-20(17)30-3)22(27)28-18-7-5-4-6-8-18/h4-12,17,20H,13-15H2,1-3H3,(H,25,26)/t17-,20?/m0/s1. The normalized spacial score (nSPS) is 18.8. The van der Waals surface area contributed by atoms with Crippen molar-refractivity contribution in [3.05, 3.63) is 60.2 Å². The molecule has 1 aliphatic rings. The zero-order valence-corrected chi connectivity index (χ0v) is 18.2. The molecule has 7 heteroatoms. The Bertz CT molecular complexity index is 869. The highest BCUT2D eigenvalue weighted by Crippen LogP contribution is 2.31. The van der Waals surface area contributed by atoms with E-state index < -0.39 is 11.6 Å². The van der Waals surface area contributed by atoms with Crippen molar-refractivity contribution in [1.82, 2.24) is 4.90 Å². The SMILES string of the molecule is CSC1CN(C(=O)Oc2ccccc2)C[C@@H]1Cc1ccc(OC(C)(C)C(=O)O)cc1. The minimum atomic E-state index is -1.28. The molecule has 1 amide bonds. The van der Waals surface area contributed by atoms with Gasteiger partial charge in [0.05, 0.1) is 0 Å². The number of likely N-dealkylation sites (tertiary alicyclic amines) is 1. The zero-order valence-electron chi connectivity index (χ0n) is 17.4. The smallest absolute Gasteiger partial charge is 0.415 e. The highest BCUT2D eigenvalue weighted by molar-refractivity contribution is 7.99. The van der Waals surface area contributed by atoms with Crippen LogP contribution in [0.4, 0.5) is 4.79 Å².